The maximum Gasteiger partial charge on any atom is 1.00 e. The Kier molecular flexibility index (Phi) is 14.5. The van der Waals surface area contributed by atoms with Crippen LogP contribution in [0.3, 0.4) is 0 Å². The molecule has 0 radical (unpaired) electrons. The number of rotatable bonds is 12. The van der Waals surface area contributed by atoms with E-state index in [2.05, 4.69) is 19.1 Å². The molecule has 0 bridgehead atoms. The van der Waals surface area contributed by atoms with Gasteiger partial charge < -0.3 is 15.0 Å². The van der Waals surface area contributed by atoms with E-state index in [0.29, 0.717) is 31.0 Å². The maximum atomic E-state index is 12.0. The molecule has 25 heavy (non-hydrogen) atoms. The van der Waals surface area contributed by atoms with Gasteiger partial charge in [-0.2, -0.15) is 0 Å². The van der Waals surface area contributed by atoms with Crippen LogP contribution in [-0.4, -0.2) is 23.0 Å². The minimum Gasteiger partial charge on any atom is -0.547 e. The molecule has 1 aliphatic rings. The summed E-state index contributed by atoms with van der Waals surface area (Å²) in [6.45, 7) is 2.21. The molecule has 4 nitrogen and oxygen atoms in total. The van der Waals surface area contributed by atoms with E-state index in [9.17, 15) is 14.7 Å². The first-order valence-corrected chi connectivity index (χ1v) is 9.29. The van der Waals surface area contributed by atoms with Crippen molar-refractivity contribution in [3.8, 4) is 0 Å². The zero-order valence-corrected chi connectivity index (χ0v) is 17.8. The summed E-state index contributed by atoms with van der Waals surface area (Å²) < 4.78 is 0. The van der Waals surface area contributed by atoms with E-state index in [-0.39, 0.29) is 41.9 Å². The van der Waals surface area contributed by atoms with Crippen LogP contribution < -0.4 is 34.7 Å². The molecule has 5 heteroatoms. The van der Waals surface area contributed by atoms with Gasteiger partial charge in [0.1, 0.15) is 5.78 Å². The number of aliphatic hydroxyl groups is 1. The molecular weight excluding hydrogens is 327 g/mol. The molecule has 1 aliphatic carbocycles. The molecule has 0 aliphatic heterocycles. The fraction of sp³-hybridized carbons (Fsp3) is 0.700. The average Bonchev–Trinajstić information content (AvgIpc) is 2.90. The molecule has 0 aromatic heterocycles. The molecule has 0 amide bonds. The Morgan fingerprint density at radius 2 is 2.00 bits per heavy atom. The zero-order chi connectivity index (χ0) is 17.8. The third-order valence-corrected chi connectivity index (χ3v) is 4.70. The Labute approximate surface area is 174 Å². The number of carboxylic acids is 1. The van der Waals surface area contributed by atoms with Gasteiger partial charge in [-0.1, -0.05) is 50.5 Å². The van der Waals surface area contributed by atoms with Crippen LogP contribution in [0.4, 0.5) is 0 Å². The standard InChI is InChI=1S/C20H32O4.Na/c1-2-3-4-5-6-8-11-16-14-15-18(21)17(16)12-9-7-10-13-19(22)20(23)24;/h7-9,11,16-17,19,22H,2-6,10,12-15H2,1H3,(H,23,24);/q;+1/p-1/b9-7-,11-8+;/t16-,17+,19?;/m0./s1. The van der Waals surface area contributed by atoms with Crippen LogP contribution in [0.25, 0.3) is 0 Å². The van der Waals surface area contributed by atoms with E-state index in [1.165, 1.54) is 25.7 Å². The van der Waals surface area contributed by atoms with Gasteiger partial charge in [0, 0.05) is 12.3 Å². The van der Waals surface area contributed by atoms with Crippen molar-refractivity contribution < 1.29 is 49.4 Å². The van der Waals surface area contributed by atoms with E-state index in [1.54, 1.807) is 0 Å². The summed E-state index contributed by atoms with van der Waals surface area (Å²) >= 11 is 0. The van der Waals surface area contributed by atoms with Crippen LogP contribution in [-0.2, 0) is 9.59 Å². The van der Waals surface area contributed by atoms with Gasteiger partial charge in [-0.3, -0.25) is 4.79 Å². The van der Waals surface area contributed by atoms with Crippen LogP contribution in [0, 0.1) is 11.8 Å². The number of carboxylic acid groups (broad SMARTS) is 1. The number of carbonyl (C=O) groups is 2. The van der Waals surface area contributed by atoms with Crippen molar-refractivity contribution in [2.45, 2.75) is 77.2 Å². The molecule has 1 rings (SSSR count). The molecule has 1 unspecified atom stereocenters. The predicted molar refractivity (Wildman–Crippen MR) is 93.1 cm³/mol. The van der Waals surface area contributed by atoms with Gasteiger partial charge in [0.05, 0.1) is 12.1 Å². The summed E-state index contributed by atoms with van der Waals surface area (Å²) in [4.78, 5) is 22.4. The summed E-state index contributed by atoms with van der Waals surface area (Å²) in [5.74, 6) is -0.713. The molecule has 1 N–H and O–H groups in total. The Bertz CT molecular complexity index is 445. The monoisotopic (exact) mass is 358 g/mol. The van der Waals surface area contributed by atoms with Crippen LogP contribution in [0.2, 0.25) is 0 Å². The number of ketones is 1. The fourth-order valence-corrected chi connectivity index (χ4v) is 3.16. The van der Waals surface area contributed by atoms with Gasteiger partial charge >= 0.3 is 29.6 Å². The molecule has 1 fully saturated rings. The number of aliphatic carboxylic acids is 1. The van der Waals surface area contributed by atoms with Crippen LogP contribution in [0.5, 0.6) is 0 Å². The Balaban J connectivity index is 0.00000576. The summed E-state index contributed by atoms with van der Waals surface area (Å²) in [5.41, 5.74) is 0. The van der Waals surface area contributed by atoms with Crippen molar-refractivity contribution >= 4 is 11.8 Å². The number of carbonyl (C=O) groups excluding carboxylic acids is 2. The SMILES string of the molecule is CCCCCC/C=C/[C@H]1CCC(=O)[C@@H]1C/C=C\CCC(O)C(=O)[O-].[Na+]. The number of allylic oxidation sites excluding steroid dienone is 4. The number of unbranched alkanes of at least 4 members (excludes halogenated alkanes) is 4. The second-order valence-corrected chi connectivity index (χ2v) is 6.67. The summed E-state index contributed by atoms with van der Waals surface area (Å²) in [5, 5.41) is 19.5. The minimum atomic E-state index is -1.43. The quantitative estimate of drug-likeness (QED) is 0.301. The van der Waals surface area contributed by atoms with Gasteiger partial charge in [-0.05, 0) is 44.4 Å². The molecule has 0 spiro atoms. The molecule has 1 saturated carbocycles. The average molecular weight is 358 g/mol. The van der Waals surface area contributed by atoms with Gasteiger partial charge in [0.25, 0.3) is 0 Å². The van der Waals surface area contributed by atoms with E-state index < -0.39 is 12.1 Å². The number of aliphatic hydroxyl groups excluding tert-OH is 1. The maximum absolute atomic E-state index is 12.0. The molecule has 0 heterocycles. The summed E-state index contributed by atoms with van der Waals surface area (Å²) in [6.07, 6.45) is 15.9. The van der Waals surface area contributed by atoms with Gasteiger partial charge in [0.2, 0.25) is 0 Å². The number of hydrogen-bond donors (Lipinski definition) is 1. The van der Waals surface area contributed by atoms with Crippen LogP contribution in [0.15, 0.2) is 24.3 Å². The molecule has 0 aromatic carbocycles. The molecule has 3 atom stereocenters. The zero-order valence-electron chi connectivity index (χ0n) is 15.8. The van der Waals surface area contributed by atoms with Crippen molar-refractivity contribution in [3.05, 3.63) is 24.3 Å². The second kappa shape index (κ2) is 14.7. The summed E-state index contributed by atoms with van der Waals surface area (Å²) in [6, 6.07) is 0. The Hall–Kier alpha value is -0.420. The third-order valence-electron chi connectivity index (χ3n) is 4.70. The van der Waals surface area contributed by atoms with Gasteiger partial charge in [-0.15, -0.1) is 0 Å². The smallest absolute Gasteiger partial charge is 0.547 e. The normalized spacial score (nSPS) is 21.8. The topological polar surface area (TPSA) is 77.4 Å². The third kappa shape index (κ3) is 10.3. The van der Waals surface area contributed by atoms with Crippen LogP contribution >= 0.6 is 0 Å². The molecule has 0 aromatic rings. The first-order chi connectivity index (χ1) is 11.6. The molecule has 0 saturated heterocycles. The minimum absolute atomic E-state index is 0. The van der Waals surface area contributed by atoms with Crippen molar-refractivity contribution in [1.82, 2.24) is 0 Å². The van der Waals surface area contributed by atoms with Crippen molar-refractivity contribution in [2.75, 3.05) is 0 Å². The fourth-order valence-electron chi connectivity index (χ4n) is 3.16. The van der Waals surface area contributed by atoms with E-state index in [4.69, 9.17) is 5.11 Å². The first kappa shape index (κ1) is 24.6. The number of hydrogen-bond acceptors (Lipinski definition) is 4. The molecular formula is C20H31NaO4. The van der Waals surface area contributed by atoms with Crippen molar-refractivity contribution in [1.29, 1.82) is 0 Å². The van der Waals surface area contributed by atoms with E-state index >= 15 is 0 Å². The first-order valence-electron chi connectivity index (χ1n) is 9.29. The Morgan fingerprint density at radius 1 is 1.24 bits per heavy atom. The van der Waals surface area contributed by atoms with Gasteiger partial charge in [0.15, 0.2) is 0 Å². The van der Waals surface area contributed by atoms with Crippen LogP contribution in [0.1, 0.15) is 71.1 Å². The summed E-state index contributed by atoms with van der Waals surface area (Å²) in [7, 11) is 0. The Morgan fingerprint density at radius 3 is 2.68 bits per heavy atom. The largest absolute Gasteiger partial charge is 1.00 e. The second-order valence-electron chi connectivity index (χ2n) is 6.67. The molecule has 136 valence electrons. The number of Topliss-reactive ketones (excluding diaryl/α,β-unsaturated/α-hetero) is 1. The van der Waals surface area contributed by atoms with E-state index in [0.717, 1.165) is 12.8 Å². The predicted octanol–water partition coefficient (Wildman–Crippen LogP) is -0.0504. The van der Waals surface area contributed by atoms with E-state index in [1.807, 2.05) is 12.2 Å². The van der Waals surface area contributed by atoms with Gasteiger partial charge in [-0.25, -0.2) is 0 Å². The van der Waals surface area contributed by atoms with Crippen molar-refractivity contribution in [2.24, 2.45) is 11.8 Å². The van der Waals surface area contributed by atoms with Crippen molar-refractivity contribution in [3.63, 3.8) is 0 Å².